The Balaban J connectivity index is -0.0000000729. The van der Waals surface area contributed by atoms with Gasteiger partial charge in [0.05, 0.1) is 24.7 Å². The van der Waals surface area contributed by atoms with Gasteiger partial charge in [0.1, 0.15) is 0 Å². The molecule has 1 aliphatic rings. The summed E-state index contributed by atoms with van der Waals surface area (Å²) in [5.74, 6) is 1.01. The minimum absolute atomic E-state index is 0. The first kappa shape index (κ1) is 37.2. The van der Waals surface area contributed by atoms with Crippen LogP contribution in [-0.2, 0) is 4.74 Å². The van der Waals surface area contributed by atoms with Crippen molar-refractivity contribution >= 4 is 62.2 Å². The van der Waals surface area contributed by atoms with Crippen LogP contribution in [0.4, 0.5) is 0 Å². The maximum Gasteiger partial charge on any atom is 2.00 e. The van der Waals surface area contributed by atoms with E-state index >= 15 is 0 Å². The molecule has 2 nitrogen and oxygen atoms in total. The van der Waals surface area contributed by atoms with Crippen molar-refractivity contribution in [3.63, 3.8) is 0 Å². The van der Waals surface area contributed by atoms with Crippen molar-refractivity contribution in [3.05, 3.63) is 44.9 Å². The molecule has 0 spiro atoms. The van der Waals surface area contributed by atoms with Gasteiger partial charge in [0.15, 0.2) is 0 Å². The summed E-state index contributed by atoms with van der Waals surface area (Å²) in [6.45, 7) is 14.9. The first-order valence-electron chi connectivity index (χ1n) is 7.67. The normalized spacial score (nSPS) is 14.0. The molecule has 1 rings (SSSR count). The molecule has 1 fully saturated rings. The number of unbranched alkanes of at least 4 members (excludes halogenated alkanes) is 1. The van der Waals surface area contributed by atoms with E-state index < -0.39 is 0 Å². The molecule has 0 aliphatic carbocycles. The van der Waals surface area contributed by atoms with E-state index in [1.165, 1.54) is 0 Å². The number of hydrogen-bond donors (Lipinski definition) is 1. The number of hydrogen-bond acceptors (Lipinski definition) is 2. The fraction of sp³-hybridized carbons (Fsp3) is 0.611. The summed E-state index contributed by atoms with van der Waals surface area (Å²) >= 11 is 13.9. The van der Waals surface area contributed by atoms with Gasteiger partial charge in [-0.25, -0.2) is 0 Å². The van der Waals surface area contributed by atoms with Gasteiger partial charge < -0.3 is 33.7 Å². The molecule has 0 aromatic carbocycles. The minimum atomic E-state index is -0.327. The number of ether oxygens (including phenoxy) is 1. The third kappa shape index (κ3) is 51.7. The molecule has 0 radical (unpaired) electrons. The number of rotatable bonds is 9. The van der Waals surface area contributed by atoms with Crippen LogP contribution in [0.1, 0.15) is 32.1 Å². The smallest absolute Gasteiger partial charge is 1.00 e. The molecular weight excluding hydrogens is 503 g/mol. The Morgan fingerprint density at radius 3 is 1.84 bits per heavy atom. The van der Waals surface area contributed by atoms with E-state index in [-0.39, 0.29) is 46.1 Å². The molecule has 0 amide bonds. The molecule has 1 aliphatic heterocycles. The summed E-state index contributed by atoms with van der Waals surface area (Å²) in [5.41, 5.74) is 0. The van der Waals surface area contributed by atoms with E-state index in [2.05, 4.69) is 42.6 Å². The zero-order chi connectivity index (χ0) is 18.3. The van der Waals surface area contributed by atoms with E-state index in [0.29, 0.717) is 17.9 Å². The fourth-order valence-electron chi connectivity index (χ4n) is 0.809. The maximum absolute atomic E-state index is 8.92. The second kappa shape index (κ2) is 36.4. The van der Waals surface area contributed by atoms with Gasteiger partial charge in [-0.15, -0.1) is 49.0 Å². The SMILES string of the molecule is C=CCCBr.C=CCCC[C@H](O)CCl.C=CC[CH2-].ClC[C@@H]1CO1.[Br-].[Mg+2]. The monoisotopic (exact) mass is 532 g/mol. The summed E-state index contributed by atoms with van der Waals surface area (Å²) in [7, 11) is 0. The number of epoxide rings is 1. The molecule has 1 heterocycles. The van der Waals surface area contributed by atoms with Crippen molar-refractivity contribution in [2.45, 2.75) is 44.3 Å². The third-order valence-electron chi connectivity index (χ3n) is 2.22. The van der Waals surface area contributed by atoms with Crippen LogP contribution in [0.25, 0.3) is 0 Å². The minimum Gasteiger partial charge on any atom is -1.00 e. The molecule has 7 heteroatoms. The number of aliphatic hydroxyl groups excluding tert-OH is 1. The molecule has 0 aromatic rings. The third-order valence-corrected chi connectivity index (χ3v) is 3.37. The molecule has 25 heavy (non-hydrogen) atoms. The molecule has 2 atom stereocenters. The first-order valence-corrected chi connectivity index (χ1v) is 9.86. The Bertz CT molecular complexity index is 257. The van der Waals surface area contributed by atoms with E-state index in [1.54, 1.807) is 6.08 Å². The van der Waals surface area contributed by atoms with Gasteiger partial charge >= 0.3 is 23.1 Å². The Kier molecular flexibility index (Phi) is 54.2. The van der Waals surface area contributed by atoms with Gasteiger partial charge in [-0.3, -0.25) is 0 Å². The predicted octanol–water partition coefficient (Wildman–Crippen LogP) is 2.54. The van der Waals surface area contributed by atoms with Crippen molar-refractivity contribution in [3.8, 4) is 0 Å². The van der Waals surface area contributed by atoms with Crippen molar-refractivity contribution in [2.24, 2.45) is 0 Å². The zero-order valence-electron chi connectivity index (χ0n) is 15.2. The van der Waals surface area contributed by atoms with E-state index in [0.717, 1.165) is 44.0 Å². The van der Waals surface area contributed by atoms with Gasteiger partial charge in [0, 0.05) is 11.2 Å². The van der Waals surface area contributed by atoms with Gasteiger partial charge in [-0.2, -0.15) is 6.42 Å². The first-order chi connectivity index (χ1) is 11.1. The summed E-state index contributed by atoms with van der Waals surface area (Å²) < 4.78 is 4.73. The summed E-state index contributed by atoms with van der Waals surface area (Å²) in [6, 6.07) is 0. The quantitative estimate of drug-likeness (QED) is 0.123. The second-order valence-corrected chi connectivity index (χ2v) is 5.89. The predicted molar refractivity (Wildman–Crippen MR) is 116 cm³/mol. The number of halogens is 4. The second-order valence-electron chi connectivity index (χ2n) is 4.48. The van der Waals surface area contributed by atoms with Crippen LogP contribution in [0.5, 0.6) is 0 Å². The topological polar surface area (TPSA) is 32.8 Å². The van der Waals surface area contributed by atoms with Crippen molar-refractivity contribution < 1.29 is 26.8 Å². The maximum atomic E-state index is 8.92. The van der Waals surface area contributed by atoms with E-state index in [1.807, 2.05) is 12.2 Å². The van der Waals surface area contributed by atoms with Crippen LogP contribution in [0, 0.1) is 6.92 Å². The molecule has 1 saturated heterocycles. The zero-order valence-corrected chi connectivity index (χ0v) is 21.3. The Morgan fingerprint density at radius 2 is 1.68 bits per heavy atom. The Hall–Kier alpha value is 1.45. The van der Waals surface area contributed by atoms with Gasteiger partial charge in [0.2, 0.25) is 0 Å². The standard InChI is InChI=1S/C7H13ClO.C4H7Br.C4H7.C3H5ClO.BrH.Mg/c1-2-3-4-5-7(9)6-8;1-2-3-4-5;1-3-4-2;4-1-3-2-5-3;;/h2,7,9H,1,3-6H2;2H,1,3-4H2;3H,1-2,4H2;3H,1-2H2;1H;/q;;-1;;;+2/p-1/t7-;;;3-;;/m0..1../s1. The number of alkyl halides is 3. The molecule has 0 unspecified atom stereocenters. The molecular formula is C18H32Br2Cl2MgO2. The van der Waals surface area contributed by atoms with E-state index in [9.17, 15) is 0 Å². The summed E-state index contributed by atoms with van der Waals surface area (Å²) in [6.07, 6.45) is 10.2. The number of allylic oxidation sites excluding steroid dienone is 3. The van der Waals surface area contributed by atoms with Crippen molar-refractivity contribution in [2.75, 3.05) is 23.7 Å². The molecule has 0 saturated carbocycles. The summed E-state index contributed by atoms with van der Waals surface area (Å²) in [5, 5.41) is 9.96. The molecule has 146 valence electrons. The van der Waals surface area contributed by atoms with Crippen LogP contribution < -0.4 is 17.0 Å². The van der Waals surface area contributed by atoms with Gasteiger partial charge in [-0.1, -0.05) is 28.1 Å². The van der Waals surface area contributed by atoms with Crippen LogP contribution in [0.15, 0.2) is 38.0 Å². The van der Waals surface area contributed by atoms with Crippen LogP contribution >= 0.6 is 39.1 Å². The van der Waals surface area contributed by atoms with Crippen molar-refractivity contribution in [1.29, 1.82) is 0 Å². The van der Waals surface area contributed by atoms with Gasteiger partial charge in [0.25, 0.3) is 0 Å². The molecule has 1 N–H and O–H groups in total. The average Bonchev–Trinajstić information content (AvgIpc) is 3.41. The van der Waals surface area contributed by atoms with Crippen LogP contribution in [0.3, 0.4) is 0 Å². The molecule has 0 bridgehead atoms. The van der Waals surface area contributed by atoms with Crippen molar-refractivity contribution in [1.82, 2.24) is 0 Å². The average molecular weight is 535 g/mol. The van der Waals surface area contributed by atoms with Gasteiger partial charge in [-0.05, 0) is 25.7 Å². The fourth-order valence-corrected chi connectivity index (χ4v) is 1.47. The largest absolute Gasteiger partial charge is 2.00 e. The molecule has 0 aromatic heterocycles. The summed E-state index contributed by atoms with van der Waals surface area (Å²) in [4.78, 5) is 0. The number of aliphatic hydroxyl groups is 1. The Labute approximate surface area is 200 Å². The van der Waals surface area contributed by atoms with E-state index in [4.69, 9.17) is 33.0 Å². The van der Waals surface area contributed by atoms with Crippen LogP contribution in [0.2, 0.25) is 0 Å². The Morgan fingerprint density at radius 1 is 1.20 bits per heavy atom. The van der Waals surface area contributed by atoms with Crippen LogP contribution in [-0.4, -0.2) is 64.1 Å².